The zero-order valence-corrected chi connectivity index (χ0v) is 17.0. The van der Waals surface area contributed by atoms with Gasteiger partial charge in [0.15, 0.2) is 0 Å². The molecule has 1 aliphatic rings. The van der Waals surface area contributed by atoms with E-state index in [1.165, 1.54) is 31.6 Å². The minimum Gasteiger partial charge on any atom is -0.508 e. The molecule has 4 aromatic rings. The summed E-state index contributed by atoms with van der Waals surface area (Å²) in [6, 6.07) is 14.7. The number of hydrogen-bond acceptors (Lipinski definition) is 7. The molecule has 5 rings (SSSR count). The highest BCUT2D eigenvalue weighted by Crippen LogP contribution is 2.46. The number of ether oxygens (including phenoxy) is 2. The quantitative estimate of drug-likeness (QED) is 0.368. The van der Waals surface area contributed by atoms with Gasteiger partial charge < -0.3 is 24.1 Å². The van der Waals surface area contributed by atoms with E-state index in [1.54, 1.807) is 36.4 Å². The summed E-state index contributed by atoms with van der Waals surface area (Å²) < 4.78 is 16.6. The summed E-state index contributed by atoms with van der Waals surface area (Å²) in [5.74, 6) is -0.568. The number of para-hydroxylation sites is 1. The zero-order chi connectivity index (χ0) is 22.4. The molecular formula is C25H18O7. The van der Waals surface area contributed by atoms with E-state index in [1.807, 2.05) is 0 Å². The van der Waals surface area contributed by atoms with E-state index in [0.717, 1.165) is 5.56 Å². The third kappa shape index (κ3) is 3.06. The first-order valence-corrected chi connectivity index (χ1v) is 9.92. The Morgan fingerprint density at radius 2 is 1.75 bits per heavy atom. The smallest absolute Gasteiger partial charge is 0.312 e. The van der Waals surface area contributed by atoms with Crippen LogP contribution in [0.3, 0.4) is 0 Å². The van der Waals surface area contributed by atoms with Crippen molar-refractivity contribution in [1.82, 2.24) is 0 Å². The van der Waals surface area contributed by atoms with Crippen LogP contribution in [0.5, 0.6) is 23.0 Å². The number of fused-ring (bicyclic) bond motifs is 3. The lowest BCUT2D eigenvalue weighted by Crippen LogP contribution is -2.22. The van der Waals surface area contributed by atoms with Crippen molar-refractivity contribution in [1.29, 1.82) is 0 Å². The summed E-state index contributed by atoms with van der Waals surface area (Å²) in [7, 11) is 1.51. The van der Waals surface area contributed by atoms with Crippen LogP contribution in [0.25, 0.3) is 22.1 Å². The van der Waals surface area contributed by atoms with E-state index < -0.39 is 17.3 Å². The van der Waals surface area contributed by atoms with Crippen LogP contribution in [0.15, 0.2) is 70.1 Å². The topological polar surface area (TPSA) is 106 Å². The number of rotatable bonds is 3. The van der Waals surface area contributed by atoms with Gasteiger partial charge in [-0.25, -0.2) is 0 Å². The molecule has 0 unspecified atom stereocenters. The molecule has 2 heterocycles. The highest BCUT2D eigenvalue weighted by atomic mass is 16.5. The number of hydrogen-bond donors (Lipinski definition) is 2. The molecule has 0 saturated heterocycles. The van der Waals surface area contributed by atoms with Crippen LogP contribution < -0.4 is 14.9 Å². The number of benzene rings is 3. The van der Waals surface area contributed by atoms with Crippen LogP contribution in [-0.4, -0.2) is 23.3 Å². The van der Waals surface area contributed by atoms with Gasteiger partial charge in [-0.3, -0.25) is 9.59 Å². The Labute approximate surface area is 182 Å². The molecule has 3 aromatic carbocycles. The van der Waals surface area contributed by atoms with Gasteiger partial charge in [-0.2, -0.15) is 0 Å². The number of phenolic OH excluding ortho intramolecular Hbond substituents is 2. The molecule has 0 aliphatic carbocycles. The third-order valence-electron chi connectivity index (χ3n) is 5.66. The summed E-state index contributed by atoms with van der Waals surface area (Å²) in [5, 5.41) is 20.3. The molecule has 7 nitrogen and oxygen atoms in total. The van der Waals surface area contributed by atoms with Crippen molar-refractivity contribution in [3.63, 3.8) is 0 Å². The van der Waals surface area contributed by atoms with E-state index in [2.05, 4.69) is 0 Å². The van der Waals surface area contributed by atoms with Crippen LogP contribution in [-0.2, 0) is 4.79 Å². The average Bonchev–Trinajstić information content (AvgIpc) is 2.79. The first-order valence-electron chi connectivity index (χ1n) is 9.92. The Kier molecular flexibility index (Phi) is 4.59. The van der Waals surface area contributed by atoms with E-state index in [4.69, 9.17) is 13.9 Å². The van der Waals surface area contributed by atoms with Gasteiger partial charge in [-0.05, 0) is 23.8 Å². The second-order valence-electron chi connectivity index (χ2n) is 7.51. The fraction of sp³-hybridized carbons (Fsp3) is 0.120. The van der Waals surface area contributed by atoms with Gasteiger partial charge in [0, 0.05) is 23.1 Å². The Morgan fingerprint density at radius 1 is 1.00 bits per heavy atom. The van der Waals surface area contributed by atoms with Crippen LogP contribution in [0, 0.1) is 0 Å². The second kappa shape index (κ2) is 7.46. The van der Waals surface area contributed by atoms with E-state index in [0.29, 0.717) is 16.9 Å². The van der Waals surface area contributed by atoms with E-state index in [9.17, 15) is 19.8 Å². The summed E-state index contributed by atoms with van der Waals surface area (Å²) in [6.07, 6.45) is 1.35. The lowest BCUT2D eigenvalue weighted by Gasteiger charge is -2.26. The van der Waals surface area contributed by atoms with Crippen molar-refractivity contribution in [3.05, 3.63) is 82.2 Å². The number of aromatic hydroxyl groups is 2. The van der Waals surface area contributed by atoms with Crippen molar-refractivity contribution in [3.8, 4) is 34.1 Å². The first-order chi connectivity index (χ1) is 15.5. The van der Waals surface area contributed by atoms with Gasteiger partial charge in [0.25, 0.3) is 0 Å². The molecule has 0 amide bonds. The Bertz CT molecular complexity index is 1420. The lowest BCUT2D eigenvalue weighted by molar-refractivity contribution is -0.135. The number of phenols is 2. The van der Waals surface area contributed by atoms with Crippen molar-refractivity contribution in [2.75, 3.05) is 7.11 Å². The second-order valence-corrected chi connectivity index (χ2v) is 7.51. The van der Waals surface area contributed by atoms with Gasteiger partial charge in [-0.1, -0.05) is 30.3 Å². The third-order valence-corrected chi connectivity index (χ3v) is 5.66. The molecule has 32 heavy (non-hydrogen) atoms. The number of methoxy groups -OCH3 is 1. The number of carbonyl (C=O) groups is 1. The van der Waals surface area contributed by atoms with Crippen molar-refractivity contribution in [2.45, 2.75) is 12.3 Å². The summed E-state index contributed by atoms with van der Waals surface area (Å²) in [4.78, 5) is 25.7. The largest absolute Gasteiger partial charge is 0.508 e. The Morgan fingerprint density at radius 3 is 2.50 bits per heavy atom. The Hall–Kier alpha value is -4.26. The van der Waals surface area contributed by atoms with Gasteiger partial charge in [-0.15, -0.1) is 0 Å². The van der Waals surface area contributed by atoms with Gasteiger partial charge in [0.2, 0.25) is 5.43 Å². The lowest BCUT2D eigenvalue weighted by atomic mass is 9.85. The molecule has 0 saturated carbocycles. The highest BCUT2D eigenvalue weighted by molar-refractivity contribution is 5.94. The molecule has 1 aliphatic heterocycles. The van der Waals surface area contributed by atoms with E-state index >= 15 is 0 Å². The van der Waals surface area contributed by atoms with Crippen LogP contribution >= 0.6 is 0 Å². The maximum atomic E-state index is 13.4. The summed E-state index contributed by atoms with van der Waals surface area (Å²) in [6.45, 7) is 0. The monoisotopic (exact) mass is 430 g/mol. The average molecular weight is 430 g/mol. The molecule has 0 radical (unpaired) electrons. The first kappa shape index (κ1) is 19.7. The van der Waals surface area contributed by atoms with Crippen molar-refractivity contribution in [2.24, 2.45) is 0 Å². The predicted molar refractivity (Wildman–Crippen MR) is 116 cm³/mol. The van der Waals surface area contributed by atoms with Crippen LogP contribution in [0.1, 0.15) is 23.5 Å². The Balaban J connectivity index is 1.79. The SMILES string of the molecule is COc1ccccc1-c1coc2c3c(cc(O)c2c1=O)OC(=O)C[C@H]3c1ccc(O)cc1. The van der Waals surface area contributed by atoms with Crippen LogP contribution in [0.2, 0.25) is 0 Å². The molecule has 0 bridgehead atoms. The fourth-order valence-corrected chi connectivity index (χ4v) is 4.18. The minimum absolute atomic E-state index is 0.00566. The van der Waals surface area contributed by atoms with E-state index in [-0.39, 0.29) is 40.2 Å². The van der Waals surface area contributed by atoms with Gasteiger partial charge in [0.05, 0.1) is 19.1 Å². The fourth-order valence-electron chi connectivity index (χ4n) is 4.18. The van der Waals surface area contributed by atoms with Crippen molar-refractivity contribution >= 4 is 16.9 Å². The van der Waals surface area contributed by atoms with Gasteiger partial charge in [0.1, 0.15) is 40.2 Å². The minimum atomic E-state index is -0.477. The molecule has 1 aromatic heterocycles. The standard InChI is InChI=1S/C25H18O7/c1-30-19-5-3-2-4-15(19)17-12-31-25-22-16(13-6-8-14(26)9-7-13)10-21(28)32-20(22)11-18(27)23(25)24(17)29/h2-9,11-12,16,26-27H,10H2,1H3/t16-/m0/s1. The predicted octanol–water partition coefficient (Wildman–Crippen LogP) is 4.32. The maximum absolute atomic E-state index is 13.4. The molecule has 1 atom stereocenters. The summed E-state index contributed by atoms with van der Waals surface area (Å²) in [5.41, 5.74) is 1.71. The van der Waals surface area contributed by atoms with Crippen LogP contribution in [0.4, 0.5) is 0 Å². The molecule has 0 fully saturated rings. The molecule has 0 spiro atoms. The van der Waals surface area contributed by atoms with Gasteiger partial charge >= 0.3 is 5.97 Å². The zero-order valence-electron chi connectivity index (χ0n) is 17.0. The highest BCUT2D eigenvalue weighted by Gasteiger charge is 2.33. The molecule has 7 heteroatoms. The number of carbonyl (C=O) groups excluding carboxylic acids is 1. The normalized spacial score (nSPS) is 15.3. The molecular weight excluding hydrogens is 412 g/mol. The van der Waals surface area contributed by atoms with Crippen molar-refractivity contribution < 1.29 is 28.9 Å². The summed E-state index contributed by atoms with van der Waals surface area (Å²) >= 11 is 0. The maximum Gasteiger partial charge on any atom is 0.312 e. The number of esters is 1. The molecule has 160 valence electrons. The molecule has 2 N–H and O–H groups in total.